The zero-order valence-corrected chi connectivity index (χ0v) is 38.2. The molecule has 7 aromatic rings. The van der Waals surface area contributed by atoms with Crippen LogP contribution in [0.5, 0.6) is 34.5 Å². The number of amides is 2. The molecule has 7 heterocycles. The molecular weight excluding hydrogens is 958 g/mol. The Kier molecular flexibility index (Phi) is 10.9. The van der Waals surface area contributed by atoms with Crippen LogP contribution in [0.1, 0.15) is 58.7 Å². The number of H-pyrrole nitrogens is 1. The summed E-state index contributed by atoms with van der Waals surface area (Å²) in [7, 11) is 0. The number of imidazole rings is 1. The molecule has 0 bridgehead atoms. The molecule has 2 amide bonds. The predicted octanol–water partition coefficient (Wildman–Crippen LogP) is 10.1. The minimum Gasteiger partial charge on any atom is -0.489 e. The first-order valence-electron chi connectivity index (χ1n) is 21.4. The van der Waals surface area contributed by atoms with E-state index in [4.69, 9.17) is 81.8 Å². The number of rotatable bonds is 6. The highest BCUT2D eigenvalue weighted by atomic mass is 35.5. The van der Waals surface area contributed by atoms with Crippen molar-refractivity contribution in [3.05, 3.63) is 133 Å². The number of halogens is 4. The number of nitrogens with one attached hydrogen (secondary N) is 3. The van der Waals surface area contributed by atoms with Crippen LogP contribution < -0.4 is 41.0 Å². The molecule has 0 saturated heterocycles. The van der Waals surface area contributed by atoms with E-state index in [2.05, 4.69) is 25.6 Å². The van der Waals surface area contributed by atoms with E-state index in [0.29, 0.717) is 86.0 Å². The van der Waals surface area contributed by atoms with Crippen molar-refractivity contribution >= 4 is 98.2 Å². The van der Waals surface area contributed by atoms with Gasteiger partial charge in [0, 0.05) is 59.3 Å². The maximum atomic E-state index is 11.7. The normalized spacial score (nSPS) is 21.5. The number of anilines is 4. The number of pyridine rings is 2. The van der Waals surface area contributed by atoms with E-state index in [-0.39, 0.29) is 41.8 Å². The van der Waals surface area contributed by atoms with Gasteiger partial charge in [-0.3, -0.25) is 14.4 Å². The molecule has 2 saturated carbocycles. The van der Waals surface area contributed by atoms with Crippen molar-refractivity contribution in [2.24, 2.45) is 5.92 Å². The Morgan fingerprint density at radius 2 is 1.16 bits per heavy atom. The molecule has 2 aliphatic carbocycles. The van der Waals surface area contributed by atoms with E-state index >= 15 is 0 Å². The Labute approximate surface area is 406 Å². The molecule has 0 spiro atoms. The summed E-state index contributed by atoms with van der Waals surface area (Å²) in [6, 6.07) is 21.5. The first-order valence-corrected chi connectivity index (χ1v) is 22.9. The lowest BCUT2D eigenvalue weighted by atomic mass is 10.1. The van der Waals surface area contributed by atoms with E-state index in [0.717, 1.165) is 56.4 Å². The van der Waals surface area contributed by atoms with Crippen molar-refractivity contribution in [2.45, 2.75) is 55.6 Å². The lowest BCUT2D eigenvalue weighted by Crippen LogP contribution is -2.20. The quantitative estimate of drug-likeness (QED) is 0.0852. The third-order valence-corrected chi connectivity index (χ3v) is 14.0. The van der Waals surface area contributed by atoms with Gasteiger partial charge in [0.2, 0.25) is 11.8 Å². The Balaban J connectivity index is 0.000000127. The van der Waals surface area contributed by atoms with Crippen molar-refractivity contribution in [1.82, 2.24) is 19.9 Å². The minimum atomic E-state index is -0.828. The summed E-state index contributed by atoms with van der Waals surface area (Å²) in [4.78, 5) is 50.9. The van der Waals surface area contributed by atoms with Gasteiger partial charge in [-0.2, -0.15) is 0 Å². The topological polar surface area (TPSA) is 239 Å². The smallest absolute Gasteiger partial charge is 0.311 e. The molecule has 3 aromatic heterocycles. The van der Waals surface area contributed by atoms with Gasteiger partial charge in [-0.25, -0.2) is 15.0 Å². The van der Waals surface area contributed by atoms with Crippen molar-refractivity contribution in [3.8, 4) is 34.5 Å². The molecule has 2 fully saturated rings. The Morgan fingerprint density at radius 3 is 1.72 bits per heavy atom. The summed E-state index contributed by atoms with van der Waals surface area (Å²) < 4.78 is 24.1. The van der Waals surface area contributed by atoms with Crippen LogP contribution in [0, 0.1) is 5.92 Å². The average molecular weight is 995 g/mol. The van der Waals surface area contributed by atoms with Crippen LogP contribution in [0.3, 0.4) is 0 Å². The van der Waals surface area contributed by atoms with Crippen LogP contribution in [-0.4, -0.2) is 55.0 Å². The second-order valence-electron chi connectivity index (χ2n) is 16.9. The van der Waals surface area contributed by atoms with Gasteiger partial charge in [0.25, 0.3) is 0 Å². The van der Waals surface area contributed by atoms with Gasteiger partial charge in [-0.05, 0) is 85.6 Å². The number of carbonyl (C=O) groups excluding carboxylic acids is 2. The van der Waals surface area contributed by atoms with E-state index in [1.165, 1.54) is 12.1 Å². The fourth-order valence-electron chi connectivity index (χ4n) is 9.15. The summed E-state index contributed by atoms with van der Waals surface area (Å²) in [5, 5.41) is 16.6. The van der Waals surface area contributed by atoms with Gasteiger partial charge in [0.05, 0.1) is 48.4 Å². The number of carbonyl (C=O) groups is 3. The first kappa shape index (κ1) is 43.6. The Morgan fingerprint density at radius 1 is 0.647 bits per heavy atom. The number of fused-ring (bicyclic) bond motifs is 9. The van der Waals surface area contributed by atoms with Crippen LogP contribution in [0.4, 0.5) is 23.0 Å². The van der Waals surface area contributed by atoms with Crippen molar-refractivity contribution in [1.29, 1.82) is 0 Å². The standard InChI is InChI=1S/C24H16Cl2N4O3.C18H14N2O5.C6H6Cl2N2/c25-13-8-15-16(9-14(13)26)29-24(28-15)21-20-12-7-10(1-3-17(12)33-22(20)21)32-18-5-6-27-23-11(18)2-4-19(31)30-23;21-13-4-2-9-12(5-6-19-17(9)20-13)24-8-1-3-11-10(7-8)14-15(18(22)23)16(14)25-11;7-3-1-5(9)6(10)2-4(3)8/h1,3,5-9,20-22H,2,4H2,(H,28,29)(H,27,30,31);1,3,5-7,14-16H,2,4H2,(H,22,23)(H,19,20,21);1-2H,9-10H2. The zero-order chi connectivity index (χ0) is 47.1. The molecule has 6 atom stereocenters. The number of carboxylic acids is 1. The monoisotopic (exact) mass is 992 g/mol. The first-order chi connectivity index (χ1) is 32.8. The number of benzene rings is 4. The van der Waals surface area contributed by atoms with Crippen LogP contribution >= 0.6 is 46.4 Å². The average Bonchev–Trinajstić information content (AvgIpc) is 4.03. The van der Waals surface area contributed by atoms with E-state index in [9.17, 15) is 19.5 Å². The molecule has 6 unspecified atom stereocenters. The second-order valence-corrected chi connectivity index (χ2v) is 18.5. The van der Waals surface area contributed by atoms with Crippen LogP contribution in [0.15, 0.2) is 85.2 Å². The number of hydrogen-bond donors (Lipinski definition) is 6. The molecule has 68 heavy (non-hydrogen) atoms. The molecule has 4 aliphatic heterocycles. The molecule has 0 radical (unpaired) electrons. The fourth-order valence-corrected chi connectivity index (χ4v) is 9.81. The maximum Gasteiger partial charge on any atom is 0.311 e. The Bertz CT molecular complexity index is 3190. The number of nitrogen functional groups attached to an aromatic ring is 2. The van der Waals surface area contributed by atoms with Crippen LogP contribution in [0.2, 0.25) is 20.1 Å². The second kappa shape index (κ2) is 17.0. The number of aliphatic carboxylic acids is 1. The van der Waals surface area contributed by atoms with E-state index in [1.807, 2.05) is 36.4 Å². The molecule has 344 valence electrons. The summed E-state index contributed by atoms with van der Waals surface area (Å²) in [5.74, 6) is 5.14. The lowest BCUT2D eigenvalue weighted by Gasteiger charge is -2.19. The van der Waals surface area contributed by atoms with E-state index in [1.54, 1.807) is 36.7 Å². The van der Waals surface area contributed by atoms with Gasteiger partial charge >= 0.3 is 5.97 Å². The highest BCUT2D eigenvalue weighted by Gasteiger charge is 2.63. The molecule has 13 rings (SSSR count). The summed E-state index contributed by atoms with van der Waals surface area (Å²) in [6.45, 7) is 0. The highest BCUT2D eigenvalue weighted by molar-refractivity contribution is 6.43. The van der Waals surface area contributed by atoms with Crippen molar-refractivity contribution < 1.29 is 38.4 Å². The molecule has 4 aromatic carbocycles. The Hall–Kier alpha value is -6.98. The van der Waals surface area contributed by atoms with Gasteiger partial charge < -0.3 is 51.1 Å². The van der Waals surface area contributed by atoms with E-state index < -0.39 is 11.9 Å². The van der Waals surface area contributed by atoms with Gasteiger partial charge in [-0.15, -0.1) is 0 Å². The summed E-state index contributed by atoms with van der Waals surface area (Å²) in [6.07, 6.45) is 5.02. The van der Waals surface area contributed by atoms with Crippen LogP contribution in [-0.2, 0) is 27.2 Å². The third kappa shape index (κ3) is 8.06. The SMILES string of the molecule is Nc1cc(Cl)c(Cl)cc1N.O=C1CCc2c(Oc3ccc4c(c3)C3C(O4)C3C(=O)O)ccnc2N1.O=C1CCc2c(Oc3ccc4c(c3)C3C(O4)C3c3nc4cc(Cl)c(Cl)cc4[nH]3)ccnc2N1. The van der Waals surface area contributed by atoms with Gasteiger partial charge in [-0.1, -0.05) is 46.4 Å². The largest absolute Gasteiger partial charge is 0.489 e. The number of aromatic nitrogens is 4. The highest BCUT2D eigenvalue weighted by Crippen LogP contribution is 2.63. The maximum absolute atomic E-state index is 11.7. The van der Waals surface area contributed by atoms with Crippen LogP contribution in [0.25, 0.3) is 11.0 Å². The summed E-state index contributed by atoms with van der Waals surface area (Å²) in [5.41, 5.74) is 17.2. The third-order valence-electron chi connectivity index (χ3n) is 12.6. The molecular formula is C48H36Cl4N8O8. The zero-order valence-electron chi connectivity index (χ0n) is 35.2. The van der Waals surface area contributed by atoms with Gasteiger partial charge in [0.1, 0.15) is 70.1 Å². The molecule has 8 N–H and O–H groups in total. The predicted molar refractivity (Wildman–Crippen MR) is 255 cm³/mol. The number of aromatic amines is 1. The summed E-state index contributed by atoms with van der Waals surface area (Å²) >= 11 is 23.5. The number of ether oxygens (including phenoxy) is 4. The fraction of sp³-hybridized carbons (Fsp3) is 0.208. The molecule has 16 nitrogen and oxygen atoms in total. The number of nitrogens with two attached hydrogens (primary N) is 2. The molecule has 6 aliphatic rings. The van der Waals surface area contributed by atoms with Gasteiger partial charge in [0.15, 0.2) is 0 Å². The number of hydrogen-bond acceptors (Lipinski definition) is 12. The minimum absolute atomic E-state index is 0.0252. The van der Waals surface area contributed by atoms with Crippen molar-refractivity contribution in [2.75, 3.05) is 22.1 Å². The number of nitrogens with zero attached hydrogens (tertiary/aromatic N) is 3. The van der Waals surface area contributed by atoms with Crippen molar-refractivity contribution in [3.63, 3.8) is 0 Å². The number of carboxylic acid groups (broad SMARTS) is 1. The lowest BCUT2D eigenvalue weighted by molar-refractivity contribution is -0.139. The molecule has 20 heteroatoms.